The fourth-order valence-electron chi connectivity index (χ4n) is 4.17. The number of amides is 2. The van der Waals surface area contributed by atoms with Gasteiger partial charge in [0, 0.05) is 12.6 Å². The summed E-state index contributed by atoms with van der Waals surface area (Å²) in [6.07, 6.45) is 1.75. The molecule has 1 fully saturated rings. The molecule has 0 radical (unpaired) electrons. The molecule has 4 rings (SSSR count). The smallest absolute Gasteiger partial charge is 0.245 e. The number of hydrogen-bond acceptors (Lipinski definition) is 4. The van der Waals surface area contributed by atoms with Gasteiger partial charge < -0.3 is 10.2 Å². The van der Waals surface area contributed by atoms with Crippen molar-refractivity contribution in [2.45, 2.75) is 51.0 Å². The molecule has 2 amide bonds. The average Bonchev–Trinajstić information content (AvgIpc) is 3.47. The summed E-state index contributed by atoms with van der Waals surface area (Å²) < 4.78 is 15.7. The Balaban J connectivity index is 1.56. The molecule has 1 aliphatic rings. The van der Waals surface area contributed by atoms with Crippen molar-refractivity contribution in [2.75, 3.05) is 6.54 Å². The second-order valence-electron chi connectivity index (χ2n) is 8.67. The van der Waals surface area contributed by atoms with Crippen LogP contribution in [0.2, 0.25) is 0 Å². The molecule has 8 heteroatoms. The summed E-state index contributed by atoms with van der Waals surface area (Å²) in [5.74, 6) is -0.337. The van der Waals surface area contributed by atoms with E-state index in [4.69, 9.17) is 0 Å². The Morgan fingerprint density at radius 3 is 2.36 bits per heavy atom. The van der Waals surface area contributed by atoms with Gasteiger partial charge in [0.1, 0.15) is 18.8 Å². The molecule has 2 aromatic carbocycles. The van der Waals surface area contributed by atoms with Crippen LogP contribution in [-0.2, 0) is 16.1 Å². The Morgan fingerprint density at radius 2 is 1.73 bits per heavy atom. The summed E-state index contributed by atoms with van der Waals surface area (Å²) in [6.45, 7) is 4.06. The van der Waals surface area contributed by atoms with Gasteiger partial charge in [-0.15, -0.1) is 5.10 Å². The zero-order valence-electron chi connectivity index (χ0n) is 18.8. The predicted octanol–water partition coefficient (Wildman–Crippen LogP) is 3.25. The second kappa shape index (κ2) is 9.94. The molecule has 0 saturated carbocycles. The maximum absolute atomic E-state index is 14.3. The monoisotopic (exact) mass is 449 g/mol. The van der Waals surface area contributed by atoms with Crippen LogP contribution in [0.1, 0.15) is 48.9 Å². The largest absolute Gasteiger partial charge is 0.343 e. The van der Waals surface area contributed by atoms with E-state index in [1.165, 1.54) is 21.3 Å². The number of halogens is 1. The molecule has 3 unspecified atom stereocenters. The van der Waals surface area contributed by atoms with Crippen LogP contribution in [0.25, 0.3) is 0 Å². The molecule has 33 heavy (non-hydrogen) atoms. The molecule has 2 heterocycles. The SMILES string of the molecule is CC(C)c1ccc(C(NC(=O)C2CC(F)CN2C(=O)Cn2ccnn2)c2ccccc2)cc1. The number of likely N-dealkylation sites (tertiary alicyclic amines) is 1. The summed E-state index contributed by atoms with van der Waals surface area (Å²) in [5.41, 5.74) is 3.05. The highest BCUT2D eigenvalue weighted by Crippen LogP contribution is 2.27. The predicted molar refractivity (Wildman–Crippen MR) is 122 cm³/mol. The van der Waals surface area contributed by atoms with E-state index >= 15 is 0 Å². The van der Waals surface area contributed by atoms with Crippen molar-refractivity contribution in [1.29, 1.82) is 0 Å². The van der Waals surface area contributed by atoms with Crippen LogP contribution in [0.3, 0.4) is 0 Å². The molecule has 0 bridgehead atoms. The van der Waals surface area contributed by atoms with Gasteiger partial charge in [0.15, 0.2) is 0 Å². The summed E-state index contributed by atoms with van der Waals surface area (Å²) in [7, 11) is 0. The summed E-state index contributed by atoms with van der Waals surface area (Å²) in [5, 5.41) is 10.5. The summed E-state index contributed by atoms with van der Waals surface area (Å²) in [6, 6.07) is 16.5. The number of carbonyl (C=O) groups excluding carboxylic acids is 2. The van der Waals surface area contributed by atoms with Crippen molar-refractivity contribution in [2.24, 2.45) is 0 Å². The van der Waals surface area contributed by atoms with Gasteiger partial charge in [-0.05, 0) is 22.6 Å². The number of rotatable bonds is 7. The van der Waals surface area contributed by atoms with Gasteiger partial charge in [0.05, 0.1) is 18.8 Å². The number of alkyl halides is 1. The minimum Gasteiger partial charge on any atom is -0.343 e. The number of benzene rings is 2. The lowest BCUT2D eigenvalue weighted by Gasteiger charge is -2.27. The first-order valence-corrected chi connectivity index (χ1v) is 11.1. The first kappa shape index (κ1) is 22.6. The van der Waals surface area contributed by atoms with Crippen molar-refractivity contribution in [3.05, 3.63) is 83.7 Å². The standard InChI is InChI=1S/C25H28FN5O2/c1-17(2)18-8-10-20(11-9-18)24(19-6-4-3-5-7-19)28-25(33)22-14-21(26)15-31(22)23(32)16-30-13-12-27-29-30/h3-13,17,21-22,24H,14-16H2,1-2H3,(H,28,33). The van der Waals surface area contributed by atoms with Crippen molar-refractivity contribution < 1.29 is 14.0 Å². The maximum Gasteiger partial charge on any atom is 0.245 e. The second-order valence-corrected chi connectivity index (χ2v) is 8.67. The van der Waals surface area contributed by atoms with E-state index in [1.807, 2.05) is 42.5 Å². The lowest BCUT2D eigenvalue weighted by molar-refractivity contribution is -0.139. The molecule has 1 aliphatic heterocycles. The van der Waals surface area contributed by atoms with E-state index in [2.05, 4.69) is 41.6 Å². The van der Waals surface area contributed by atoms with Crippen LogP contribution >= 0.6 is 0 Å². The minimum atomic E-state index is -1.25. The van der Waals surface area contributed by atoms with E-state index in [1.54, 1.807) is 6.20 Å². The summed E-state index contributed by atoms with van der Waals surface area (Å²) >= 11 is 0. The maximum atomic E-state index is 14.3. The van der Waals surface area contributed by atoms with Crippen molar-refractivity contribution in [3.63, 3.8) is 0 Å². The zero-order valence-corrected chi connectivity index (χ0v) is 18.8. The first-order chi connectivity index (χ1) is 15.9. The van der Waals surface area contributed by atoms with Gasteiger partial charge in [-0.2, -0.15) is 0 Å². The third-order valence-corrected chi connectivity index (χ3v) is 6.00. The zero-order chi connectivity index (χ0) is 23.4. The molecule has 172 valence electrons. The fourth-order valence-corrected chi connectivity index (χ4v) is 4.17. The molecule has 3 atom stereocenters. The number of aromatic nitrogens is 3. The number of hydrogen-bond donors (Lipinski definition) is 1. The minimum absolute atomic E-state index is 0.0251. The molecule has 7 nitrogen and oxygen atoms in total. The van der Waals surface area contributed by atoms with Crippen LogP contribution < -0.4 is 5.32 Å². The van der Waals surface area contributed by atoms with E-state index in [0.717, 1.165) is 11.1 Å². The number of nitrogens with one attached hydrogen (secondary N) is 1. The normalized spacial score (nSPS) is 19.0. The molecule has 0 spiro atoms. The van der Waals surface area contributed by atoms with Gasteiger partial charge in [0.25, 0.3) is 0 Å². The van der Waals surface area contributed by atoms with E-state index in [0.29, 0.717) is 5.92 Å². The lowest BCUT2D eigenvalue weighted by Crippen LogP contribution is -2.48. The van der Waals surface area contributed by atoms with E-state index < -0.39 is 18.3 Å². The molecular weight excluding hydrogens is 421 g/mol. The highest BCUT2D eigenvalue weighted by atomic mass is 19.1. The summed E-state index contributed by atoms with van der Waals surface area (Å²) in [4.78, 5) is 27.4. The van der Waals surface area contributed by atoms with E-state index in [9.17, 15) is 14.0 Å². The van der Waals surface area contributed by atoms with Crippen molar-refractivity contribution in [1.82, 2.24) is 25.2 Å². The molecule has 1 aromatic heterocycles. The Morgan fingerprint density at radius 1 is 1.06 bits per heavy atom. The molecule has 1 saturated heterocycles. The Hall–Kier alpha value is -3.55. The number of carbonyl (C=O) groups is 2. The van der Waals surface area contributed by atoms with Crippen molar-refractivity contribution >= 4 is 11.8 Å². The molecule has 1 N–H and O–H groups in total. The van der Waals surface area contributed by atoms with Crippen LogP contribution in [0, 0.1) is 0 Å². The van der Waals surface area contributed by atoms with Gasteiger partial charge in [-0.3, -0.25) is 9.59 Å². The van der Waals surface area contributed by atoms with E-state index in [-0.39, 0.29) is 31.3 Å². The topological polar surface area (TPSA) is 80.1 Å². The Labute approximate surface area is 192 Å². The van der Waals surface area contributed by atoms with Crippen molar-refractivity contribution in [3.8, 4) is 0 Å². The molecule has 0 aliphatic carbocycles. The molecule has 3 aromatic rings. The van der Waals surface area contributed by atoms with Crippen LogP contribution in [0.4, 0.5) is 4.39 Å². The Kier molecular flexibility index (Phi) is 6.82. The van der Waals surface area contributed by atoms with Gasteiger partial charge in [-0.25, -0.2) is 9.07 Å². The highest BCUT2D eigenvalue weighted by Gasteiger charge is 2.40. The fraction of sp³-hybridized carbons (Fsp3) is 0.360. The average molecular weight is 450 g/mol. The molecular formula is C25H28FN5O2. The third-order valence-electron chi connectivity index (χ3n) is 6.00. The quantitative estimate of drug-likeness (QED) is 0.601. The van der Waals surface area contributed by atoms with Crippen LogP contribution in [0.15, 0.2) is 67.0 Å². The van der Waals surface area contributed by atoms with Crippen LogP contribution in [0.5, 0.6) is 0 Å². The third kappa shape index (κ3) is 5.27. The van der Waals surface area contributed by atoms with Gasteiger partial charge in [-0.1, -0.05) is 73.7 Å². The Bertz CT molecular complexity index is 1070. The highest BCUT2D eigenvalue weighted by molar-refractivity contribution is 5.88. The van der Waals surface area contributed by atoms with Gasteiger partial charge >= 0.3 is 0 Å². The number of nitrogens with zero attached hydrogens (tertiary/aromatic N) is 4. The first-order valence-electron chi connectivity index (χ1n) is 11.1. The van der Waals surface area contributed by atoms with Gasteiger partial charge in [0.2, 0.25) is 11.8 Å². The lowest BCUT2D eigenvalue weighted by atomic mass is 9.95. The van der Waals surface area contributed by atoms with Crippen LogP contribution in [-0.4, -0.2) is 50.5 Å².